The van der Waals surface area contributed by atoms with E-state index in [2.05, 4.69) is 149 Å². The average Bonchev–Trinajstić information content (AvgIpc) is 3.13. The van der Waals surface area contributed by atoms with Crippen molar-refractivity contribution in [2.45, 2.75) is 40.0 Å². The van der Waals surface area contributed by atoms with Crippen molar-refractivity contribution in [2.24, 2.45) is 5.92 Å². The quantitative estimate of drug-likeness (QED) is 0.209. The maximum atomic E-state index is 2.40. The molecule has 0 saturated carbocycles. The highest BCUT2D eigenvalue weighted by Crippen LogP contribution is 2.49. The molecule has 0 saturated heterocycles. The van der Waals surface area contributed by atoms with Gasteiger partial charge in [0.05, 0.1) is 0 Å². The van der Waals surface area contributed by atoms with Gasteiger partial charge in [-0.2, -0.15) is 0 Å². The third-order valence-corrected chi connectivity index (χ3v) is 8.61. The SMILES string of the molecule is CCC(C)C1=C(C)C=CC=C(C)C1c1c2ccccc2c(-c2ccccc2-c2ccccc2)c2ccccc12. The highest BCUT2D eigenvalue weighted by Gasteiger charge is 2.29. The summed E-state index contributed by atoms with van der Waals surface area (Å²) in [5, 5.41) is 5.34. The van der Waals surface area contributed by atoms with E-state index in [0.717, 1.165) is 6.42 Å². The zero-order chi connectivity index (χ0) is 26.9. The lowest BCUT2D eigenvalue weighted by molar-refractivity contribution is 0.609. The van der Waals surface area contributed by atoms with Crippen molar-refractivity contribution < 1.29 is 0 Å². The van der Waals surface area contributed by atoms with Crippen molar-refractivity contribution in [1.82, 2.24) is 0 Å². The molecule has 5 aromatic carbocycles. The van der Waals surface area contributed by atoms with Gasteiger partial charge >= 0.3 is 0 Å². The van der Waals surface area contributed by atoms with Gasteiger partial charge in [0.15, 0.2) is 0 Å². The summed E-state index contributed by atoms with van der Waals surface area (Å²) in [5.41, 5.74) is 10.9. The van der Waals surface area contributed by atoms with Crippen LogP contribution in [0.3, 0.4) is 0 Å². The molecule has 1 aliphatic carbocycles. The highest BCUT2D eigenvalue weighted by molar-refractivity contribution is 6.17. The number of hydrogen-bond donors (Lipinski definition) is 0. The zero-order valence-electron chi connectivity index (χ0n) is 23.4. The van der Waals surface area contributed by atoms with E-state index in [1.54, 1.807) is 5.57 Å². The van der Waals surface area contributed by atoms with Crippen LogP contribution in [-0.2, 0) is 0 Å². The minimum absolute atomic E-state index is 0.239. The first kappa shape index (κ1) is 25.1. The van der Waals surface area contributed by atoms with E-state index in [9.17, 15) is 0 Å². The third-order valence-electron chi connectivity index (χ3n) is 8.61. The van der Waals surface area contributed by atoms with Crippen LogP contribution in [0, 0.1) is 5.92 Å². The summed E-state index contributed by atoms with van der Waals surface area (Å²) in [6, 6.07) is 37.9. The molecule has 0 amide bonds. The van der Waals surface area contributed by atoms with Crippen LogP contribution in [0.4, 0.5) is 0 Å². The number of fused-ring (bicyclic) bond motifs is 2. The average molecular weight is 505 g/mol. The lowest BCUT2D eigenvalue weighted by atomic mass is 9.73. The second kappa shape index (κ2) is 10.5. The summed E-state index contributed by atoms with van der Waals surface area (Å²) >= 11 is 0. The Morgan fingerprint density at radius 1 is 0.641 bits per heavy atom. The van der Waals surface area contributed by atoms with Crippen LogP contribution in [0.5, 0.6) is 0 Å². The van der Waals surface area contributed by atoms with Crippen LogP contribution in [0.15, 0.2) is 138 Å². The van der Waals surface area contributed by atoms with E-state index in [1.165, 1.54) is 60.5 Å². The Hall–Kier alpha value is -4.16. The summed E-state index contributed by atoms with van der Waals surface area (Å²) in [6.07, 6.45) is 8.00. The maximum absolute atomic E-state index is 2.40. The second-order valence-electron chi connectivity index (χ2n) is 10.9. The highest BCUT2D eigenvalue weighted by atomic mass is 14.3. The van der Waals surface area contributed by atoms with Crippen molar-refractivity contribution >= 4 is 21.5 Å². The molecule has 1 aliphatic rings. The van der Waals surface area contributed by atoms with Gasteiger partial charge in [-0.25, -0.2) is 0 Å². The number of benzene rings is 5. The van der Waals surface area contributed by atoms with Crippen LogP contribution in [-0.4, -0.2) is 0 Å². The van der Waals surface area contributed by atoms with Gasteiger partial charge in [-0.05, 0) is 75.5 Å². The second-order valence-corrected chi connectivity index (χ2v) is 10.9. The Labute approximate surface area is 233 Å². The van der Waals surface area contributed by atoms with E-state index in [0.29, 0.717) is 5.92 Å². The molecule has 0 bridgehead atoms. The van der Waals surface area contributed by atoms with Gasteiger partial charge in [0.1, 0.15) is 0 Å². The van der Waals surface area contributed by atoms with Gasteiger partial charge in [-0.15, -0.1) is 0 Å². The molecule has 0 fully saturated rings. The Morgan fingerprint density at radius 3 is 1.79 bits per heavy atom. The Balaban J connectivity index is 1.75. The van der Waals surface area contributed by atoms with Crippen molar-refractivity contribution in [3.8, 4) is 22.3 Å². The monoisotopic (exact) mass is 504 g/mol. The standard InChI is InChI=1S/C39H36/c1-5-26(2)36-27(3)16-15-17-28(4)37(36)39-34-24-13-11-22-32(34)38(33-23-12-14-25-35(33)39)31-21-10-9-20-30(31)29-18-7-6-8-19-29/h6-26,37H,5H2,1-4H3. The fourth-order valence-electron chi connectivity index (χ4n) is 6.62. The molecule has 2 atom stereocenters. The first-order chi connectivity index (χ1) is 19.1. The number of allylic oxidation sites excluding steroid dienone is 6. The van der Waals surface area contributed by atoms with E-state index in [4.69, 9.17) is 0 Å². The molecule has 192 valence electrons. The van der Waals surface area contributed by atoms with Crippen LogP contribution >= 0.6 is 0 Å². The van der Waals surface area contributed by atoms with Crippen LogP contribution < -0.4 is 0 Å². The maximum Gasteiger partial charge on any atom is 0.0278 e. The van der Waals surface area contributed by atoms with Crippen molar-refractivity contribution in [3.63, 3.8) is 0 Å². The molecule has 2 unspecified atom stereocenters. The van der Waals surface area contributed by atoms with Gasteiger partial charge in [0, 0.05) is 5.92 Å². The van der Waals surface area contributed by atoms with E-state index in [-0.39, 0.29) is 5.92 Å². The van der Waals surface area contributed by atoms with Gasteiger partial charge < -0.3 is 0 Å². The number of hydrogen-bond acceptors (Lipinski definition) is 0. The summed E-state index contributed by atoms with van der Waals surface area (Å²) in [4.78, 5) is 0. The molecule has 0 heterocycles. The Morgan fingerprint density at radius 2 is 1.18 bits per heavy atom. The Kier molecular flexibility index (Phi) is 6.79. The predicted octanol–water partition coefficient (Wildman–Crippen LogP) is 11.3. The lowest BCUT2D eigenvalue weighted by Gasteiger charge is -2.30. The molecule has 0 spiro atoms. The minimum Gasteiger partial charge on any atom is -0.0648 e. The molecule has 39 heavy (non-hydrogen) atoms. The first-order valence-electron chi connectivity index (χ1n) is 14.2. The molecule has 5 aromatic rings. The largest absolute Gasteiger partial charge is 0.0648 e. The summed E-state index contributed by atoms with van der Waals surface area (Å²) < 4.78 is 0. The predicted molar refractivity (Wildman–Crippen MR) is 170 cm³/mol. The fourth-order valence-corrected chi connectivity index (χ4v) is 6.62. The van der Waals surface area contributed by atoms with Crippen molar-refractivity contribution in [1.29, 1.82) is 0 Å². The molecule has 0 N–H and O–H groups in total. The molecular weight excluding hydrogens is 468 g/mol. The fraction of sp³-hybridized carbons (Fsp3) is 0.179. The molecule has 0 radical (unpaired) electrons. The lowest BCUT2D eigenvalue weighted by Crippen LogP contribution is -2.13. The summed E-state index contributed by atoms with van der Waals surface area (Å²) in [6.45, 7) is 9.33. The molecule has 0 aliphatic heterocycles. The smallest absolute Gasteiger partial charge is 0.0278 e. The van der Waals surface area contributed by atoms with Crippen molar-refractivity contribution in [3.05, 3.63) is 144 Å². The van der Waals surface area contributed by atoms with Crippen LogP contribution in [0.2, 0.25) is 0 Å². The third kappa shape index (κ3) is 4.35. The van der Waals surface area contributed by atoms with Crippen LogP contribution in [0.25, 0.3) is 43.8 Å². The van der Waals surface area contributed by atoms with E-state index >= 15 is 0 Å². The Bertz CT molecular complexity index is 1700. The molecule has 0 heteroatoms. The molecule has 0 aromatic heterocycles. The normalized spacial score (nSPS) is 16.4. The molecule has 0 nitrogen and oxygen atoms in total. The van der Waals surface area contributed by atoms with Gasteiger partial charge in [0.2, 0.25) is 0 Å². The van der Waals surface area contributed by atoms with E-state index in [1.807, 2.05) is 0 Å². The summed E-state index contributed by atoms with van der Waals surface area (Å²) in [5.74, 6) is 0.736. The topological polar surface area (TPSA) is 0 Å². The van der Waals surface area contributed by atoms with Gasteiger partial charge in [0.25, 0.3) is 0 Å². The summed E-state index contributed by atoms with van der Waals surface area (Å²) in [7, 11) is 0. The zero-order valence-corrected chi connectivity index (χ0v) is 23.4. The van der Waals surface area contributed by atoms with Crippen molar-refractivity contribution in [2.75, 3.05) is 0 Å². The van der Waals surface area contributed by atoms with Crippen LogP contribution in [0.1, 0.15) is 45.6 Å². The molecular formula is C39H36. The van der Waals surface area contributed by atoms with E-state index < -0.39 is 0 Å². The first-order valence-corrected chi connectivity index (χ1v) is 14.2. The number of rotatable bonds is 5. The van der Waals surface area contributed by atoms with Gasteiger partial charge in [-0.1, -0.05) is 152 Å². The molecule has 6 rings (SSSR count). The minimum atomic E-state index is 0.239. The van der Waals surface area contributed by atoms with Gasteiger partial charge in [-0.3, -0.25) is 0 Å².